The van der Waals surface area contributed by atoms with E-state index in [0.717, 1.165) is 12.8 Å². The molecule has 0 aromatic rings. The summed E-state index contributed by atoms with van der Waals surface area (Å²) in [7, 11) is 0. The van der Waals surface area contributed by atoms with Crippen molar-refractivity contribution in [2.45, 2.75) is 44.6 Å². The van der Waals surface area contributed by atoms with Gasteiger partial charge in [0.1, 0.15) is 6.29 Å². The van der Waals surface area contributed by atoms with Crippen LogP contribution in [0.3, 0.4) is 0 Å². The molecule has 1 aliphatic carbocycles. The molecule has 0 spiro atoms. The van der Waals surface area contributed by atoms with Gasteiger partial charge in [-0.05, 0) is 12.8 Å². The second-order valence-electron chi connectivity index (χ2n) is 3.24. The van der Waals surface area contributed by atoms with Crippen molar-refractivity contribution in [3.8, 4) is 0 Å². The zero-order chi connectivity index (χ0) is 7.94. The third kappa shape index (κ3) is 3.51. The van der Waals surface area contributed by atoms with Crippen molar-refractivity contribution < 1.29 is 4.79 Å². The predicted molar refractivity (Wildman–Crippen MR) is 45.6 cm³/mol. The molecular formula is C9H17NO. The van der Waals surface area contributed by atoms with Crippen molar-refractivity contribution in [3.63, 3.8) is 0 Å². The lowest BCUT2D eigenvalue weighted by Crippen LogP contribution is -2.31. The quantitative estimate of drug-likeness (QED) is 0.492. The number of carbonyl (C=O) groups is 1. The summed E-state index contributed by atoms with van der Waals surface area (Å²) in [6.07, 6.45) is 8.37. The van der Waals surface area contributed by atoms with Crippen molar-refractivity contribution in [3.05, 3.63) is 0 Å². The second-order valence-corrected chi connectivity index (χ2v) is 3.24. The van der Waals surface area contributed by atoms with Crippen LogP contribution in [0, 0.1) is 0 Å². The maximum Gasteiger partial charge on any atom is 0.121 e. The summed E-state index contributed by atoms with van der Waals surface area (Å²) in [6.45, 7) is 0.869. The lowest BCUT2D eigenvalue weighted by atomic mass is 9.95. The van der Waals surface area contributed by atoms with Gasteiger partial charge in [0, 0.05) is 19.0 Å². The molecule has 11 heavy (non-hydrogen) atoms. The Hall–Kier alpha value is -0.370. The second kappa shape index (κ2) is 5.30. The van der Waals surface area contributed by atoms with Gasteiger partial charge in [-0.15, -0.1) is 0 Å². The van der Waals surface area contributed by atoms with Gasteiger partial charge in [-0.1, -0.05) is 19.3 Å². The molecule has 0 atom stereocenters. The molecule has 1 rings (SSSR count). The van der Waals surface area contributed by atoms with Crippen LogP contribution < -0.4 is 5.32 Å². The van der Waals surface area contributed by atoms with Crippen molar-refractivity contribution in [2.75, 3.05) is 6.54 Å². The molecule has 1 fully saturated rings. The molecule has 0 radical (unpaired) electrons. The molecule has 0 aromatic carbocycles. The van der Waals surface area contributed by atoms with Crippen LogP contribution in [-0.2, 0) is 4.79 Å². The third-order valence-corrected chi connectivity index (χ3v) is 2.30. The third-order valence-electron chi connectivity index (χ3n) is 2.30. The van der Waals surface area contributed by atoms with E-state index in [-0.39, 0.29) is 0 Å². The highest BCUT2D eigenvalue weighted by atomic mass is 16.1. The normalized spacial score (nSPS) is 20.0. The molecule has 0 aromatic heterocycles. The number of aldehydes is 1. The molecular weight excluding hydrogens is 138 g/mol. The SMILES string of the molecule is O=CCCNC1CCCCC1. The van der Waals surface area contributed by atoms with Crippen LogP contribution in [0.5, 0.6) is 0 Å². The van der Waals surface area contributed by atoms with Gasteiger partial charge in [0.2, 0.25) is 0 Å². The van der Waals surface area contributed by atoms with Gasteiger partial charge in [0.25, 0.3) is 0 Å². The minimum absolute atomic E-state index is 0.663. The lowest BCUT2D eigenvalue weighted by Gasteiger charge is -2.22. The zero-order valence-corrected chi connectivity index (χ0v) is 7.01. The molecule has 2 nitrogen and oxygen atoms in total. The van der Waals surface area contributed by atoms with E-state index in [4.69, 9.17) is 0 Å². The topological polar surface area (TPSA) is 29.1 Å². The van der Waals surface area contributed by atoms with Crippen LogP contribution in [0.2, 0.25) is 0 Å². The first-order valence-electron chi connectivity index (χ1n) is 4.60. The largest absolute Gasteiger partial charge is 0.314 e. The van der Waals surface area contributed by atoms with Crippen LogP contribution in [0.1, 0.15) is 38.5 Å². The fraction of sp³-hybridized carbons (Fsp3) is 0.889. The fourth-order valence-electron chi connectivity index (χ4n) is 1.65. The number of nitrogens with one attached hydrogen (secondary N) is 1. The average molecular weight is 155 g/mol. The smallest absolute Gasteiger partial charge is 0.121 e. The Balaban J connectivity index is 2.00. The van der Waals surface area contributed by atoms with Crippen molar-refractivity contribution in [2.24, 2.45) is 0 Å². The van der Waals surface area contributed by atoms with E-state index in [9.17, 15) is 4.79 Å². The summed E-state index contributed by atoms with van der Waals surface area (Å²) in [4.78, 5) is 10.0. The van der Waals surface area contributed by atoms with Gasteiger partial charge in [0.05, 0.1) is 0 Å². The Morgan fingerprint density at radius 2 is 2.00 bits per heavy atom. The highest BCUT2D eigenvalue weighted by Gasteiger charge is 2.11. The Labute approximate surface area is 68.4 Å². The summed E-state index contributed by atoms with van der Waals surface area (Å²) in [6, 6.07) is 0.698. The minimum atomic E-state index is 0.663. The molecule has 1 saturated carbocycles. The highest BCUT2D eigenvalue weighted by Crippen LogP contribution is 2.16. The summed E-state index contributed by atoms with van der Waals surface area (Å²) < 4.78 is 0. The minimum Gasteiger partial charge on any atom is -0.314 e. The maximum atomic E-state index is 10.0. The number of rotatable bonds is 4. The first-order valence-corrected chi connectivity index (χ1v) is 4.60. The monoisotopic (exact) mass is 155 g/mol. The van der Waals surface area contributed by atoms with E-state index in [2.05, 4.69) is 5.32 Å². The van der Waals surface area contributed by atoms with Crippen LogP contribution in [-0.4, -0.2) is 18.9 Å². The van der Waals surface area contributed by atoms with E-state index < -0.39 is 0 Å². The maximum absolute atomic E-state index is 10.0. The van der Waals surface area contributed by atoms with Gasteiger partial charge >= 0.3 is 0 Å². The molecule has 2 heteroatoms. The number of hydrogen-bond acceptors (Lipinski definition) is 2. The molecule has 0 heterocycles. The molecule has 0 amide bonds. The zero-order valence-electron chi connectivity index (χ0n) is 7.01. The van der Waals surface area contributed by atoms with Gasteiger partial charge in [-0.25, -0.2) is 0 Å². The van der Waals surface area contributed by atoms with E-state index >= 15 is 0 Å². The first kappa shape index (κ1) is 8.72. The highest BCUT2D eigenvalue weighted by molar-refractivity contribution is 5.49. The van der Waals surface area contributed by atoms with Crippen molar-refractivity contribution >= 4 is 6.29 Å². The molecule has 1 N–H and O–H groups in total. The van der Waals surface area contributed by atoms with E-state index in [1.165, 1.54) is 32.1 Å². The number of carbonyl (C=O) groups excluding carboxylic acids is 1. The van der Waals surface area contributed by atoms with Crippen LogP contribution in [0.4, 0.5) is 0 Å². The van der Waals surface area contributed by atoms with Crippen LogP contribution in [0.25, 0.3) is 0 Å². The molecule has 0 saturated heterocycles. The molecule has 0 unspecified atom stereocenters. The van der Waals surface area contributed by atoms with Crippen molar-refractivity contribution in [1.29, 1.82) is 0 Å². The van der Waals surface area contributed by atoms with Gasteiger partial charge < -0.3 is 10.1 Å². The molecule has 0 aliphatic heterocycles. The van der Waals surface area contributed by atoms with E-state index in [1.54, 1.807) is 0 Å². The average Bonchev–Trinajstić information content (AvgIpc) is 2.07. The summed E-state index contributed by atoms with van der Waals surface area (Å²) in [5.41, 5.74) is 0. The van der Waals surface area contributed by atoms with Crippen molar-refractivity contribution in [1.82, 2.24) is 5.32 Å². The summed E-state index contributed by atoms with van der Waals surface area (Å²) in [5.74, 6) is 0. The fourth-order valence-corrected chi connectivity index (χ4v) is 1.65. The van der Waals surface area contributed by atoms with Gasteiger partial charge in [-0.2, -0.15) is 0 Å². The molecule has 1 aliphatic rings. The first-order chi connectivity index (χ1) is 5.43. The summed E-state index contributed by atoms with van der Waals surface area (Å²) >= 11 is 0. The van der Waals surface area contributed by atoms with Gasteiger partial charge in [-0.3, -0.25) is 0 Å². The predicted octanol–water partition coefficient (Wildman–Crippen LogP) is 1.50. The van der Waals surface area contributed by atoms with Gasteiger partial charge in [0.15, 0.2) is 0 Å². The van der Waals surface area contributed by atoms with Crippen LogP contribution in [0.15, 0.2) is 0 Å². The standard InChI is InChI=1S/C9H17NO/c11-8-4-7-10-9-5-2-1-3-6-9/h8-10H,1-7H2. The molecule has 64 valence electrons. The van der Waals surface area contributed by atoms with E-state index in [0.29, 0.717) is 12.5 Å². The van der Waals surface area contributed by atoms with E-state index in [1.807, 2.05) is 0 Å². The molecule has 0 bridgehead atoms. The number of hydrogen-bond donors (Lipinski definition) is 1. The Bertz CT molecular complexity index is 108. The lowest BCUT2D eigenvalue weighted by molar-refractivity contribution is -0.107. The van der Waals surface area contributed by atoms with Crippen LogP contribution >= 0.6 is 0 Å². The Kier molecular flexibility index (Phi) is 4.21. The summed E-state index contributed by atoms with van der Waals surface area (Å²) in [5, 5.41) is 3.39. The Morgan fingerprint density at radius 3 is 2.64 bits per heavy atom. The Morgan fingerprint density at radius 1 is 1.27 bits per heavy atom.